The number of carbonyl (C=O) groups excluding carboxylic acids is 2. The molecule has 2 amide bonds. The van der Waals surface area contributed by atoms with Crippen LogP contribution >= 0.6 is 0 Å². The summed E-state index contributed by atoms with van der Waals surface area (Å²) in [4.78, 5) is 29.5. The molecule has 254 valence electrons. The molecular weight excluding hydrogens is 639 g/mol. The van der Waals surface area contributed by atoms with Gasteiger partial charge in [0.25, 0.3) is 10.0 Å². The first-order valence-electron chi connectivity index (χ1n) is 15.7. The van der Waals surface area contributed by atoms with Gasteiger partial charge in [-0.3, -0.25) is 13.9 Å². The highest BCUT2D eigenvalue weighted by molar-refractivity contribution is 7.92. The third kappa shape index (κ3) is 9.25. The quantitative estimate of drug-likeness (QED) is 0.145. The van der Waals surface area contributed by atoms with Gasteiger partial charge < -0.3 is 10.2 Å². The summed E-state index contributed by atoms with van der Waals surface area (Å²) < 4.78 is 70.4. The molecule has 0 aliphatic rings. The van der Waals surface area contributed by atoms with Crippen LogP contribution in [0.4, 0.5) is 18.9 Å². The third-order valence-corrected chi connectivity index (χ3v) is 9.84. The maximum atomic E-state index is 14.5. The monoisotopic (exact) mass is 679 g/mol. The minimum absolute atomic E-state index is 0.0365. The Balaban J connectivity index is 1.84. The van der Waals surface area contributed by atoms with Gasteiger partial charge in [-0.2, -0.15) is 13.2 Å². The summed E-state index contributed by atoms with van der Waals surface area (Å²) >= 11 is 0. The number of amides is 2. The number of carbonyl (C=O) groups is 2. The molecule has 11 heteroatoms. The number of hydrogen-bond acceptors (Lipinski definition) is 4. The topological polar surface area (TPSA) is 86.8 Å². The molecule has 1 atom stereocenters. The van der Waals surface area contributed by atoms with E-state index >= 15 is 0 Å². The van der Waals surface area contributed by atoms with Crippen molar-refractivity contribution in [1.29, 1.82) is 0 Å². The SMILES string of the molecule is CCCCNC(=O)C(Cc1ccccc1)N(Cc1ccccc1C)C(=O)CN(c1cccc(C(F)(F)F)c1)S(=O)(=O)c1ccc(C)cc1. The standard InChI is InChI=1S/C37H40F3N3O4S/c1-4-5-22-41-36(45)34(23-29-13-7-6-8-14-29)42(25-30-15-10-9-12-28(30)3)35(44)26-43(32-17-11-16-31(24-32)37(38,39)40)48(46,47)33-20-18-27(2)19-21-33/h6-21,24,34H,4-5,22-23,25-26H2,1-3H3,(H,41,45). The molecule has 4 aromatic carbocycles. The average Bonchev–Trinajstić information content (AvgIpc) is 3.06. The first-order chi connectivity index (χ1) is 22.8. The summed E-state index contributed by atoms with van der Waals surface area (Å²) in [6.45, 7) is 5.11. The predicted molar refractivity (Wildman–Crippen MR) is 181 cm³/mol. The molecule has 4 aromatic rings. The molecule has 7 nitrogen and oxygen atoms in total. The van der Waals surface area contributed by atoms with Gasteiger partial charge in [-0.25, -0.2) is 8.42 Å². The second-order valence-electron chi connectivity index (χ2n) is 11.7. The molecule has 1 unspecified atom stereocenters. The zero-order chi connectivity index (χ0) is 34.9. The summed E-state index contributed by atoms with van der Waals surface area (Å²) in [5.41, 5.74) is 1.74. The van der Waals surface area contributed by atoms with Gasteiger partial charge in [-0.05, 0) is 67.3 Å². The van der Waals surface area contributed by atoms with Gasteiger partial charge in [-0.1, -0.05) is 91.7 Å². The molecule has 1 N–H and O–H groups in total. The first-order valence-corrected chi connectivity index (χ1v) is 17.2. The number of aryl methyl sites for hydroxylation is 2. The molecule has 0 aliphatic carbocycles. The van der Waals surface area contributed by atoms with Crippen LogP contribution in [0.25, 0.3) is 0 Å². The van der Waals surface area contributed by atoms with E-state index in [1.165, 1.54) is 23.1 Å². The normalized spacial score (nSPS) is 12.3. The number of anilines is 1. The van der Waals surface area contributed by atoms with E-state index in [1.54, 1.807) is 25.1 Å². The van der Waals surface area contributed by atoms with Crippen LogP contribution in [0.5, 0.6) is 0 Å². The molecule has 0 radical (unpaired) electrons. The first kappa shape index (κ1) is 36.2. The Morgan fingerprint density at radius 3 is 2.17 bits per heavy atom. The van der Waals surface area contributed by atoms with E-state index in [0.717, 1.165) is 40.8 Å². The molecule has 0 aliphatic heterocycles. The Bertz CT molecular complexity index is 1800. The van der Waals surface area contributed by atoms with Crippen LogP contribution in [0, 0.1) is 13.8 Å². The number of nitrogens with zero attached hydrogens (tertiary/aromatic N) is 2. The van der Waals surface area contributed by atoms with Crippen molar-refractivity contribution < 1.29 is 31.2 Å². The molecule has 4 rings (SSSR count). The molecule has 48 heavy (non-hydrogen) atoms. The smallest absolute Gasteiger partial charge is 0.354 e. The van der Waals surface area contributed by atoms with E-state index in [0.29, 0.717) is 23.3 Å². The number of nitrogens with one attached hydrogen (secondary N) is 1. The second-order valence-corrected chi connectivity index (χ2v) is 13.5. The van der Waals surface area contributed by atoms with Gasteiger partial charge in [0.1, 0.15) is 12.6 Å². The van der Waals surface area contributed by atoms with E-state index in [-0.39, 0.29) is 23.5 Å². The highest BCUT2D eigenvalue weighted by atomic mass is 32.2. The van der Waals surface area contributed by atoms with Crippen molar-refractivity contribution >= 4 is 27.5 Å². The predicted octanol–water partition coefficient (Wildman–Crippen LogP) is 7.07. The van der Waals surface area contributed by atoms with Crippen LogP contribution in [0.1, 0.15) is 47.6 Å². The van der Waals surface area contributed by atoms with E-state index < -0.39 is 46.2 Å². The Morgan fingerprint density at radius 1 is 0.854 bits per heavy atom. The lowest BCUT2D eigenvalue weighted by Crippen LogP contribution is -2.53. The van der Waals surface area contributed by atoms with Crippen LogP contribution < -0.4 is 9.62 Å². The fraction of sp³-hybridized carbons (Fsp3) is 0.297. The largest absolute Gasteiger partial charge is 0.416 e. The fourth-order valence-corrected chi connectivity index (χ4v) is 6.64. The minimum Gasteiger partial charge on any atom is -0.354 e. The Labute approximate surface area is 280 Å². The Morgan fingerprint density at radius 2 is 1.52 bits per heavy atom. The van der Waals surface area contributed by atoms with E-state index in [2.05, 4.69) is 5.32 Å². The van der Waals surface area contributed by atoms with E-state index in [4.69, 9.17) is 0 Å². The molecular formula is C37H40F3N3O4S. The Hall–Kier alpha value is -4.64. The summed E-state index contributed by atoms with van der Waals surface area (Å²) in [5, 5.41) is 2.92. The summed E-state index contributed by atoms with van der Waals surface area (Å²) in [7, 11) is -4.55. The third-order valence-electron chi connectivity index (χ3n) is 8.05. The minimum atomic E-state index is -4.76. The highest BCUT2D eigenvalue weighted by Crippen LogP contribution is 2.33. The molecule has 0 bridgehead atoms. The van der Waals surface area contributed by atoms with Gasteiger partial charge in [0.2, 0.25) is 11.8 Å². The van der Waals surface area contributed by atoms with Crippen molar-refractivity contribution in [3.63, 3.8) is 0 Å². The van der Waals surface area contributed by atoms with Crippen LogP contribution in [0.3, 0.4) is 0 Å². The van der Waals surface area contributed by atoms with Crippen molar-refractivity contribution in [2.75, 3.05) is 17.4 Å². The molecule has 0 aromatic heterocycles. The molecule has 0 spiro atoms. The number of halogens is 3. The fourth-order valence-electron chi connectivity index (χ4n) is 5.23. The van der Waals surface area contributed by atoms with E-state index in [1.807, 2.05) is 62.4 Å². The summed E-state index contributed by atoms with van der Waals surface area (Å²) in [6, 6.07) is 25.1. The number of unbranched alkanes of at least 4 members (excludes halogenated alkanes) is 1. The number of rotatable bonds is 14. The lowest BCUT2D eigenvalue weighted by Gasteiger charge is -2.34. The number of benzene rings is 4. The van der Waals surface area contributed by atoms with E-state index in [9.17, 15) is 31.2 Å². The van der Waals surface area contributed by atoms with Gasteiger partial charge in [0.05, 0.1) is 16.1 Å². The molecule has 0 fully saturated rings. The lowest BCUT2D eigenvalue weighted by molar-refractivity contribution is -0.140. The van der Waals surface area contributed by atoms with Crippen LogP contribution in [-0.4, -0.2) is 44.3 Å². The van der Waals surface area contributed by atoms with Crippen LogP contribution in [0.2, 0.25) is 0 Å². The van der Waals surface area contributed by atoms with Crippen molar-refractivity contribution in [3.05, 3.63) is 131 Å². The number of sulfonamides is 1. The van der Waals surface area contributed by atoms with Crippen molar-refractivity contribution in [2.24, 2.45) is 0 Å². The van der Waals surface area contributed by atoms with Gasteiger partial charge in [0.15, 0.2) is 0 Å². The number of hydrogen-bond donors (Lipinski definition) is 1. The van der Waals surface area contributed by atoms with Crippen LogP contribution in [0.15, 0.2) is 108 Å². The number of alkyl halides is 3. The van der Waals surface area contributed by atoms with Crippen LogP contribution in [-0.2, 0) is 38.8 Å². The Kier molecular flexibility index (Phi) is 12.0. The zero-order valence-corrected chi connectivity index (χ0v) is 28.0. The summed E-state index contributed by atoms with van der Waals surface area (Å²) in [5.74, 6) is -1.17. The van der Waals surface area contributed by atoms with Gasteiger partial charge >= 0.3 is 6.18 Å². The highest BCUT2D eigenvalue weighted by Gasteiger charge is 2.36. The second kappa shape index (κ2) is 16.0. The lowest BCUT2D eigenvalue weighted by atomic mass is 10.0. The maximum Gasteiger partial charge on any atom is 0.416 e. The van der Waals surface area contributed by atoms with Gasteiger partial charge in [-0.15, -0.1) is 0 Å². The molecule has 0 heterocycles. The molecule has 0 saturated carbocycles. The van der Waals surface area contributed by atoms with Crippen molar-refractivity contribution in [1.82, 2.24) is 10.2 Å². The zero-order valence-electron chi connectivity index (χ0n) is 27.2. The molecule has 0 saturated heterocycles. The maximum absolute atomic E-state index is 14.5. The van der Waals surface area contributed by atoms with Crippen molar-refractivity contribution in [3.8, 4) is 0 Å². The average molecular weight is 680 g/mol. The van der Waals surface area contributed by atoms with Crippen molar-refractivity contribution in [2.45, 2.75) is 63.7 Å². The van der Waals surface area contributed by atoms with Gasteiger partial charge in [0, 0.05) is 19.5 Å². The summed E-state index contributed by atoms with van der Waals surface area (Å²) in [6.07, 6.45) is -3.08.